The highest BCUT2D eigenvalue weighted by Crippen LogP contribution is 2.21. The quantitative estimate of drug-likeness (QED) is 0.490. The van der Waals surface area contributed by atoms with Gasteiger partial charge in [-0.15, -0.1) is 0 Å². The van der Waals surface area contributed by atoms with E-state index in [4.69, 9.17) is 12.2 Å². The third-order valence-electron chi connectivity index (χ3n) is 1.93. The summed E-state index contributed by atoms with van der Waals surface area (Å²) in [6.45, 7) is 0. The van der Waals surface area contributed by atoms with Crippen LogP contribution in [-0.4, -0.2) is 22.2 Å². The number of carbonyl (C=O) groups excluding carboxylic acids is 2. The molecule has 1 heterocycles. The maximum atomic E-state index is 11.4. The Labute approximate surface area is 80.0 Å². The van der Waals surface area contributed by atoms with Gasteiger partial charge < -0.3 is 0 Å². The summed E-state index contributed by atoms with van der Waals surface area (Å²) in [5.41, 5.74) is 1.16. The lowest BCUT2D eigenvalue weighted by molar-refractivity contribution is -0.113. The van der Waals surface area contributed by atoms with Gasteiger partial charge in [-0.3, -0.25) is 9.59 Å². The number of thiocarbonyl (C=S) groups is 1. The molecular formula is C9H5NO2S. The molecule has 0 fully saturated rings. The Morgan fingerprint density at radius 3 is 2.38 bits per heavy atom. The van der Waals surface area contributed by atoms with Gasteiger partial charge in [-0.25, -0.2) is 4.90 Å². The van der Waals surface area contributed by atoms with E-state index in [0.29, 0.717) is 17.5 Å². The number of benzene rings is 1. The summed E-state index contributed by atoms with van der Waals surface area (Å²) >= 11 is 4.95. The molecule has 64 valence electrons. The van der Waals surface area contributed by atoms with Crippen LogP contribution in [-0.2, 0) is 4.79 Å². The van der Waals surface area contributed by atoms with Gasteiger partial charge in [0.1, 0.15) is 4.99 Å². The van der Waals surface area contributed by atoms with E-state index in [1.807, 2.05) is 0 Å². The van der Waals surface area contributed by atoms with Gasteiger partial charge in [-0.2, -0.15) is 0 Å². The standard InChI is InChI=1S/C9H5NO2S/c11-5-10-8(12)6-3-1-2-4-7(6)9(10)13/h1-5H. The van der Waals surface area contributed by atoms with Crippen molar-refractivity contribution in [3.63, 3.8) is 0 Å². The van der Waals surface area contributed by atoms with Crippen molar-refractivity contribution < 1.29 is 9.59 Å². The normalized spacial score (nSPS) is 14.6. The third kappa shape index (κ3) is 0.990. The molecule has 0 saturated heterocycles. The smallest absolute Gasteiger partial charge is 0.266 e. The van der Waals surface area contributed by atoms with Gasteiger partial charge in [-0.05, 0) is 6.07 Å². The van der Waals surface area contributed by atoms with E-state index in [1.165, 1.54) is 0 Å². The van der Waals surface area contributed by atoms with Crippen LogP contribution < -0.4 is 0 Å². The fraction of sp³-hybridized carbons (Fsp3) is 0. The monoisotopic (exact) mass is 191 g/mol. The van der Waals surface area contributed by atoms with Crippen LogP contribution in [0.15, 0.2) is 24.3 Å². The highest BCUT2D eigenvalue weighted by Gasteiger charge is 2.31. The van der Waals surface area contributed by atoms with Gasteiger partial charge in [0, 0.05) is 5.56 Å². The zero-order chi connectivity index (χ0) is 9.42. The van der Waals surface area contributed by atoms with Gasteiger partial charge in [0.15, 0.2) is 0 Å². The predicted octanol–water partition coefficient (Wildman–Crippen LogP) is 0.974. The van der Waals surface area contributed by atoms with Gasteiger partial charge in [0.25, 0.3) is 5.91 Å². The summed E-state index contributed by atoms with van der Waals surface area (Å²) < 4.78 is 0. The minimum atomic E-state index is -0.337. The number of carbonyl (C=O) groups is 2. The molecule has 1 aromatic carbocycles. The molecule has 3 nitrogen and oxygen atoms in total. The van der Waals surface area contributed by atoms with E-state index in [0.717, 1.165) is 4.90 Å². The molecule has 0 bridgehead atoms. The number of hydrogen-bond acceptors (Lipinski definition) is 3. The summed E-state index contributed by atoms with van der Waals surface area (Å²) in [5, 5.41) is 0. The fourth-order valence-electron chi connectivity index (χ4n) is 1.30. The molecule has 4 heteroatoms. The van der Waals surface area contributed by atoms with Gasteiger partial charge >= 0.3 is 0 Å². The molecule has 1 aliphatic heterocycles. The second kappa shape index (κ2) is 2.74. The Morgan fingerprint density at radius 2 is 1.85 bits per heavy atom. The van der Waals surface area contributed by atoms with Crippen molar-refractivity contribution in [2.75, 3.05) is 0 Å². The topological polar surface area (TPSA) is 37.4 Å². The first-order valence-corrected chi connectivity index (χ1v) is 4.08. The summed E-state index contributed by atoms with van der Waals surface area (Å²) in [4.78, 5) is 23.2. The second-order valence-electron chi connectivity index (χ2n) is 2.63. The first-order chi connectivity index (χ1) is 6.25. The van der Waals surface area contributed by atoms with Crippen molar-refractivity contribution in [2.24, 2.45) is 0 Å². The average molecular weight is 191 g/mol. The SMILES string of the molecule is O=CN1C(=O)c2ccccc2C1=S. The van der Waals surface area contributed by atoms with Crippen molar-refractivity contribution in [3.05, 3.63) is 35.4 Å². The number of nitrogens with zero attached hydrogens (tertiary/aromatic N) is 1. The van der Waals surface area contributed by atoms with Crippen molar-refractivity contribution in [2.45, 2.75) is 0 Å². The van der Waals surface area contributed by atoms with Crippen LogP contribution >= 0.6 is 12.2 Å². The van der Waals surface area contributed by atoms with Crippen LogP contribution in [0.4, 0.5) is 0 Å². The Bertz CT molecular complexity index is 379. The van der Waals surface area contributed by atoms with Crippen LogP contribution in [0.25, 0.3) is 0 Å². The molecule has 1 aromatic rings. The second-order valence-corrected chi connectivity index (χ2v) is 3.02. The van der Waals surface area contributed by atoms with Crippen LogP contribution in [0.5, 0.6) is 0 Å². The Balaban J connectivity index is 2.63. The molecule has 0 atom stereocenters. The molecule has 13 heavy (non-hydrogen) atoms. The van der Waals surface area contributed by atoms with Crippen LogP contribution in [0.1, 0.15) is 15.9 Å². The van der Waals surface area contributed by atoms with E-state index < -0.39 is 0 Å². The van der Waals surface area contributed by atoms with Gasteiger partial charge in [0.05, 0.1) is 5.56 Å². The number of rotatable bonds is 1. The van der Waals surface area contributed by atoms with Gasteiger partial charge in [0.2, 0.25) is 6.41 Å². The molecule has 0 aromatic heterocycles. The van der Waals surface area contributed by atoms with E-state index in [2.05, 4.69) is 0 Å². The summed E-state index contributed by atoms with van der Waals surface area (Å²) in [6.07, 6.45) is 0.449. The molecule has 0 aliphatic carbocycles. The minimum Gasteiger partial charge on any atom is -0.278 e. The number of hydrogen-bond donors (Lipinski definition) is 0. The lowest BCUT2D eigenvalue weighted by Gasteiger charge is -2.03. The highest BCUT2D eigenvalue weighted by molar-refractivity contribution is 7.80. The molecule has 1 aliphatic rings. The molecule has 2 rings (SSSR count). The zero-order valence-electron chi connectivity index (χ0n) is 6.56. The van der Waals surface area contributed by atoms with Crippen molar-refractivity contribution in [3.8, 4) is 0 Å². The van der Waals surface area contributed by atoms with Crippen LogP contribution in [0, 0.1) is 0 Å². The van der Waals surface area contributed by atoms with Gasteiger partial charge in [-0.1, -0.05) is 30.4 Å². The first-order valence-electron chi connectivity index (χ1n) is 3.68. The van der Waals surface area contributed by atoms with Crippen LogP contribution in [0.3, 0.4) is 0 Å². The molecule has 2 amide bonds. The number of fused-ring (bicyclic) bond motifs is 1. The van der Waals surface area contributed by atoms with E-state index in [9.17, 15) is 9.59 Å². The lowest BCUT2D eigenvalue weighted by atomic mass is 10.1. The Morgan fingerprint density at radius 1 is 1.23 bits per heavy atom. The number of imide groups is 1. The van der Waals surface area contributed by atoms with E-state index in [-0.39, 0.29) is 10.9 Å². The Kier molecular flexibility index (Phi) is 1.70. The third-order valence-corrected chi connectivity index (χ3v) is 2.35. The molecule has 0 unspecified atom stereocenters. The summed E-state index contributed by atoms with van der Waals surface area (Å²) in [5.74, 6) is -0.337. The van der Waals surface area contributed by atoms with Crippen molar-refractivity contribution in [1.29, 1.82) is 0 Å². The zero-order valence-corrected chi connectivity index (χ0v) is 7.38. The molecule has 0 N–H and O–H groups in total. The highest BCUT2D eigenvalue weighted by atomic mass is 32.1. The molecule has 0 radical (unpaired) electrons. The lowest BCUT2D eigenvalue weighted by Crippen LogP contribution is -2.26. The van der Waals surface area contributed by atoms with Crippen molar-refractivity contribution in [1.82, 2.24) is 4.90 Å². The van der Waals surface area contributed by atoms with Crippen LogP contribution in [0.2, 0.25) is 0 Å². The maximum absolute atomic E-state index is 11.4. The molecule has 0 saturated carbocycles. The molecule has 0 spiro atoms. The first kappa shape index (κ1) is 8.07. The average Bonchev–Trinajstić information content (AvgIpc) is 2.41. The molecular weight excluding hydrogens is 186 g/mol. The predicted molar refractivity (Wildman–Crippen MR) is 50.4 cm³/mol. The summed E-state index contributed by atoms with van der Waals surface area (Å²) in [7, 11) is 0. The minimum absolute atomic E-state index is 0.288. The Hall–Kier alpha value is -1.55. The largest absolute Gasteiger partial charge is 0.278 e. The van der Waals surface area contributed by atoms with E-state index >= 15 is 0 Å². The maximum Gasteiger partial charge on any atom is 0.266 e. The van der Waals surface area contributed by atoms with E-state index in [1.54, 1.807) is 24.3 Å². The fourth-order valence-corrected chi connectivity index (χ4v) is 1.61. The van der Waals surface area contributed by atoms with Crippen molar-refractivity contribution >= 4 is 29.5 Å². The summed E-state index contributed by atoms with van der Waals surface area (Å²) in [6, 6.07) is 6.92. The number of amides is 2.